The lowest BCUT2D eigenvalue weighted by atomic mass is 10.2. The van der Waals surface area contributed by atoms with Crippen molar-refractivity contribution >= 4 is 10.0 Å². The second-order valence-electron chi connectivity index (χ2n) is 5.26. The molecule has 0 bridgehead atoms. The summed E-state index contributed by atoms with van der Waals surface area (Å²) in [5.41, 5.74) is 0.943. The summed E-state index contributed by atoms with van der Waals surface area (Å²) in [4.78, 5) is 3.99. The first-order chi connectivity index (χ1) is 9.95. The van der Waals surface area contributed by atoms with Gasteiger partial charge in [0.2, 0.25) is 0 Å². The van der Waals surface area contributed by atoms with Crippen LogP contribution in [0.15, 0.2) is 23.4 Å². The molecule has 0 saturated carbocycles. The number of rotatable bonds is 10. The Hall–Kier alpha value is -1.02. The molecule has 21 heavy (non-hydrogen) atoms. The molecule has 0 amide bonds. The minimum absolute atomic E-state index is 0.0467. The van der Waals surface area contributed by atoms with Crippen molar-refractivity contribution in [2.75, 3.05) is 26.8 Å². The molecular weight excluding hydrogens is 290 g/mol. The average Bonchev–Trinajstić information content (AvgIpc) is 2.43. The monoisotopic (exact) mass is 315 g/mol. The molecule has 1 aromatic rings. The third kappa shape index (κ3) is 6.99. The van der Waals surface area contributed by atoms with Crippen molar-refractivity contribution in [2.24, 2.45) is 5.92 Å². The molecule has 0 atom stereocenters. The van der Waals surface area contributed by atoms with Crippen LogP contribution in [0.4, 0.5) is 0 Å². The standard InChI is InChI=1S/C14H25N3O3S/c1-12(2)11-20-8-4-7-17-21(18,19)14-6-5-13(9-15-3)10-16-14/h5-6,10,12,15,17H,4,7-9,11H2,1-3H3. The number of ether oxygens (including phenoxy) is 1. The summed E-state index contributed by atoms with van der Waals surface area (Å²) >= 11 is 0. The van der Waals surface area contributed by atoms with Crippen molar-refractivity contribution in [3.05, 3.63) is 23.9 Å². The predicted octanol–water partition coefficient (Wildman–Crippen LogP) is 1.14. The lowest BCUT2D eigenvalue weighted by Gasteiger charge is -2.08. The van der Waals surface area contributed by atoms with Crippen molar-refractivity contribution in [3.8, 4) is 0 Å². The average molecular weight is 315 g/mol. The van der Waals surface area contributed by atoms with Gasteiger partial charge in [-0.15, -0.1) is 0 Å². The quantitative estimate of drug-likeness (QED) is 0.633. The summed E-state index contributed by atoms with van der Waals surface area (Å²) < 4.78 is 32.0. The van der Waals surface area contributed by atoms with Crippen LogP contribution in [0.1, 0.15) is 25.8 Å². The second kappa shape index (κ2) is 9.09. The Kier molecular flexibility index (Phi) is 7.81. The van der Waals surface area contributed by atoms with Crippen LogP contribution in [0, 0.1) is 5.92 Å². The first kappa shape index (κ1) is 18.0. The van der Waals surface area contributed by atoms with Gasteiger partial charge in [-0.25, -0.2) is 18.1 Å². The van der Waals surface area contributed by atoms with Gasteiger partial charge in [0, 0.05) is 32.5 Å². The fourth-order valence-electron chi connectivity index (χ4n) is 1.65. The van der Waals surface area contributed by atoms with E-state index in [0.29, 0.717) is 38.6 Å². The van der Waals surface area contributed by atoms with Crippen LogP contribution in [0.25, 0.3) is 0 Å². The molecule has 1 aromatic heterocycles. The minimum atomic E-state index is -3.53. The zero-order valence-corrected chi connectivity index (χ0v) is 13.7. The number of nitrogens with zero attached hydrogens (tertiary/aromatic N) is 1. The molecule has 0 aliphatic heterocycles. The summed E-state index contributed by atoms with van der Waals surface area (Å²) in [5, 5.41) is 3.03. The van der Waals surface area contributed by atoms with E-state index in [4.69, 9.17) is 4.74 Å². The molecule has 120 valence electrons. The maximum Gasteiger partial charge on any atom is 0.258 e. The summed E-state index contributed by atoms with van der Waals surface area (Å²) in [5.74, 6) is 0.488. The van der Waals surface area contributed by atoms with Gasteiger partial charge in [-0.3, -0.25) is 0 Å². The molecule has 1 heterocycles. The number of hydrogen-bond acceptors (Lipinski definition) is 5. The number of hydrogen-bond donors (Lipinski definition) is 2. The highest BCUT2D eigenvalue weighted by molar-refractivity contribution is 7.89. The van der Waals surface area contributed by atoms with Crippen molar-refractivity contribution in [1.82, 2.24) is 15.0 Å². The normalized spacial score (nSPS) is 12.0. The van der Waals surface area contributed by atoms with E-state index in [1.54, 1.807) is 12.3 Å². The van der Waals surface area contributed by atoms with Gasteiger partial charge in [-0.05, 0) is 31.0 Å². The molecule has 6 nitrogen and oxygen atoms in total. The molecule has 0 unspecified atom stereocenters. The maximum atomic E-state index is 12.0. The first-order valence-electron chi connectivity index (χ1n) is 7.12. The van der Waals surface area contributed by atoms with Gasteiger partial charge in [-0.1, -0.05) is 19.9 Å². The van der Waals surface area contributed by atoms with Gasteiger partial charge in [0.05, 0.1) is 0 Å². The van der Waals surface area contributed by atoms with Gasteiger partial charge >= 0.3 is 0 Å². The highest BCUT2D eigenvalue weighted by Crippen LogP contribution is 2.06. The van der Waals surface area contributed by atoms with Crippen molar-refractivity contribution < 1.29 is 13.2 Å². The van der Waals surface area contributed by atoms with Crippen LogP contribution in [0.5, 0.6) is 0 Å². The summed E-state index contributed by atoms with van der Waals surface area (Å²) in [6.45, 7) is 6.41. The number of sulfonamides is 1. The zero-order valence-electron chi connectivity index (χ0n) is 12.9. The molecule has 0 aromatic carbocycles. The molecule has 2 N–H and O–H groups in total. The molecule has 0 radical (unpaired) electrons. The van der Waals surface area contributed by atoms with Gasteiger partial charge in [-0.2, -0.15) is 0 Å². The molecule has 1 rings (SSSR count). The number of nitrogens with one attached hydrogen (secondary N) is 2. The number of pyridine rings is 1. The van der Waals surface area contributed by atoms with Crippen LogP contribution in [-0.2, 0) is 21.3 Å². The third-order valence-corrected chi connectivity index (χ3v) is 4.04. The largest absolute Gasteiger partial charge is 0.381 e. The SMILES string of the molecule is CNCc1ccc(S(=O)(=O)NCCCOCC(C)C)nc1. The van der Waals surface area contributed by atoms with Crippen LogP contribution in [-0.4, -0.2) is 40.2 Å². The Morgan fingerprint density at radius 1 is 1.33 bits per heavy atom. The molecule has 0 spiro atoms. The lowest BCUT2D eigenvalue weighted by molar-refractivity contribution is 0.108. The van der Waals surface area contributed by atoms with Gasteiger partial charge < -0.3 is 10.1 Å². The van der Waals surface area contributed by atoms with Crippen molar-refractivity contribution in [1.29, 1.82) is 0 Å². The van der Waals surface area contributed by atoms with Crippen LogP contribution in [0.2, 0.25) is 0 Å². The fraction of sp³-hybridized carbons (Fsp3) is 0.643. The van der Waals surface area contributed by atoms with E-state index in [0.717, 1.165) is 5.56 Å². The van der Waals surface area contributed by atoms with Crippen molar-refractivity contribution in [2.45, 2.75) is 31.8 Å². The summed E-state index contributed by atoms with van der Waals surface area (Å²) in [6.07, 6.45) is 2.21. The van der Waals surface area contributed by atoms with E-state index in [1.807, 2.05) is 7.05 Å². The van der Waals surface area contributed by atoms with Crippen LogP contribution < -0.4 is 10.0 Å². The lowest BCUT2D eigenvalue weighted by Crippen LogP contribution is -2.26. The molecule has 0 saturated heterocycles. The Bertz CT molecular complexity index is 501. The van der Waals surface area contributed by atoms with Gasteiger partial charge in [0.25, 0.3) is 10.0 Å². The molecule has 7 heteroatoms. The van der Waals surface area contributed by atoms with E-state index in [1.165, 1.54) is 6.07 Å². The van der Waals surface area contributed by atoms with E-state index in [-0.39, 0.29) is 5.03 Å². The number of aromatic nitrogens is 1. The zero-order chi connectivity index (χ0) is 15.7. The topological polar surface area (TPSA) is 80.3 Å². The van der Waals surface area contributed by atoms with Gasteiger partial charge in [0.1, 0.15) is 0 Å². The van der Waals surface area contributed by atoms with Crippen LogP contribution in [0.3, 0.4) is 0 Å². The van der Waals surface area contributed by atoms with Gasteiger partial charge in [0.15, 0.2) is 5.03 Å². The first-order valence-corrected chi connectivity index (χ1v) is 8.61. The van der Waals surface area contributed by atoms with Crippen molar-refractivity contribution in [3.63, 3.8) is 0 Å². The van der Waals surface area contributed by atoms with E-state index < -0.39 is 10.0 Å². The Morgan fingerprint density at radius 2 is 2.10 bits per heavy atom. The highest BCUT2D eigenvalue weighted by Gasteiger charge is 2.14. The predicted molar refractivity (Wildman–Crippen MR) is 82.5 cm³/mol. The molecule has 0 aliphatic rings. The van der Waals surface area contributed by atoms with E-state index >= 15 is 0 Å². The summed E-state index contributed by atoms with van der Waals surface area (Å²) in [7, 11) is -1.71. The second-order valence-corrected chi connectivity index (χ2v) is 6.97. The molecule has 0 aliphatic carbocycles. The highest BCUT2D eigenvalue weighted by atomic mass is 32.2. The Morgan fingerprint density at radius 3 is 2.67 bits per heavy atom. The molecular formula is C14H25N3O3S. The third-order valence-electron chi connectivity index (χ3n) is 2.66. The van der Waals surface area contributed by atoms with Crippen LogP contribution >= 0.6 is 0 Å². The summed E-state index contributed by atoms with van der Waals surface area (Å²) in [6, 6.07) is 3.27. The fourth-order valence-corrected chi connectivity index (χ4v) is 2.65. The minimum Gasteiger partial charge on any atom is -0.381 e. The maximum absolute atomic E-state index is 12.0. The van der Waals surface area contributed by atoms with E-state index in [9.17, 15) is 8.42 Å². The smallest absolute Gasteiger partial charge is 0.258 e. The van der Waals surface area contributed by atoms with E-state index in [2.05, 4.69) is 28.9 Å². The Balaban J connectivity index is 2.39. The molecule has 0 fully saturated rings. The Labute approximate surface area is 127 Å².